The molecular weight excluding hydrogens is 300 g/mol. The average molecular weight is 330 g/mol. The van der Waals surface area contributed by atoms with Crippen molar-refractivity contribution in [1.29, 1.82) is 0 Å². The molecule has 1 aromatic rings. The van der Waals surface area contributed by atoms with Gasteiger partial charge in [-0.25, -0.2) is 9.98 Å². The molecule has 0 unspecified atom stereocenters. The van der Waals surface area contributed by atoms with Crippen LogP contribution < -0.4 is 10.2 Å². The quantitative estimate of drug-likeness (QED) is 0.668. The van der Waals surface area contributed by atoms with Crippen molar-refractivity contribution >= 4 is 11.8 Å². The van der Waals surface area contributed by atoms with Gasteiger partial charge in [-0.05, 0) is 32.9 Å². The molecule has 0 amide bonds. The van der Waals surface area contributed by atoms with Crippen molar-refractivity contribution < 1.29 is 0 Å². The number of aliphatic imine (C=N–C) groups is 1. The van der Waals surface area contributed by atoms with E-state index >= 15 is 0 Å². The lowest BCUT2D eigenvalue weighted by Crippen LogP contribution is -2.45. The molecule has 0 spiro atoms. The summed E-state index contributed by atoms with van der Waals surface area (Å²) in [5.41, 5.74) is 1.22. The van der Waals surface area contributed by atoms with E-state index in [1.807, 2.05) is 12.3 Å². The molecule has 6 heteroatoms. The lowest BCUT2D eigenvalue weighted by Gasteiger charge is -2.34. The number of hydrogen-bond donors (Lipinski definition) is 1. The number of likely N-dealkylation sites (N-methyl/N-ethyl adjacent to an activating group) is 1. The molecule has 0 aromatic carbocycles. The lowest BCUT2D eigenvalue weighted by molar-refractivity contribution is 0.312. The molecule has 1 aromatic heterocycles. The van der Waals surface area contributed by atoms with E-state index in [2.05, 4.69) is 45.0 Å². The van der Waals surface area contributed by atoms with Crippen molar-refractivity contribution in [2.24, 2.45) is 4.99 Å². The second-order valence-electron chi connectivity index (χ2n) is 6.64. The summed E-state index contributed by atoms with van der Waals surface area (Å²) in [5.74, 6) is 2.15. The van der Waals surface area contributed by atoms with Crippen molar-refractivity contribution in [2.75, 3.05) is 57.8 Å². The van der Waals surface area contributed by atoms with Crippen LogP contribution in [0.2, 0.25) is 0 Å². The third kappa shape index (κ3) is 4.17. The van der Waals surface area contributed by atoms with Gasteiger partial charge >= 0.3 is 0 Å². The molecule has 0 aliphatic carbocycles. The Hall–Kier alpha value is -1.82. The van der Waals surface area contributed by atoms with Crippen LogP contribution in [0.25, 0.3) is 0 Å². The van der Waals surface area contributed by atoms with Gasteiger partial charge in [0.25, 0.3) is 0 Å². The van der Waals surface area contributed by atoms with E-state index in [9.17, 15) is 0 Å². The maximum Gasteiger partial charge on any atom is 0.194 e. The first-order valence-corrected chi connectivity index (χ1v) is 9.18. The summed E-state index contributed by atoms with van der Waals surface area (Å²) in [5, 5.41) is 3.43. The Morgan fingerprint density at radius 1 is 1.17 bits per heavy atom. The Kier molecular flexibility index (Phi) is 5.91. The first-order valence-electron chi connectivity index (χ1n) is 9.18. The predicted molar refractivity (Wildman–Crippen MR) is 99.6 cm³/mol. The summed E-state index contributed by atoms with van der Waals surface area (Å²) in [6, 6.07) is 4.19. The smallest absolute Gasteiger partial charge is 0.194 e. The van der Waals surface area contributed by atoms with Crippen LogP contribution in [-0.2, 0) is 6.54 Å². The molecule has 132 valence electrons. The van der Waals surface area contributed by atoms with E-state index in [0.717, 1.165) is 57.6 Å². The van der Waals surface area contributed by atoms with Gasteiger partial charge in [-0.3, -0.25) is 0 Å². The molecule has 3 rings (SSSR count). The van der Waals surface area contributed by atoms with Crippen molar-refractivity contribution in [1.82, 2.24) is 20.1 Å². The van der Waals surface area contributed by atoms with Gasteiger partial charge in [-0.15, -0.1) is 0 Å². The zero-order valence-electron chi connectivity index (χ0n) is 15.0. The van der Waals surface area contributed by atoms with E-state index in [1.165, 1.54) is 18.4 Å². The van der Waals surface area contributed by atoms with Crippen LogP contribution in [0.1, 0.15) is 25.3 Å². The van der Waals surface area contributed by atoms with Crippen molar-refractivity contribution in [3.63, 3.8) is 0 Å². The molecule has 0 radical (unpaired) electrons. The number of rotatable bonds is 4. The molecule has 24 heavy (non-hydrogen) atoms. The summed E-state index contributed by atoms with van der Waals surface area (Å²) in [6.45, 7) is 10.2. The van der Waals surface area contributed by atoms with Gasteiger partial charge in [0.2, 0.25) is 0 Å². The number of nitrogens with zero attached hydrogens (tertiary/aromatic N) is 5. The highest BCUT2D eigenvalue weighted by molar-refractivity contribution is 5.80. The van der Waals surface area contributed by atoms with Gasteiger partial charge in [0, 0.05) is 57.6 Å². The molecule has 0 saturated carbocycles. The number of anilines is 1. The number of aromatic nitrogens is 1. The van der Waals surface area contributed by atoms with E-state index in [-0.39, 0.29) is 0 Å². The van der Waals surface area contributed by atoms with Gasteiger partial charge in [0.15, 0.2) is 5.96 Å². The first kappa shape index (κ1) is 17.0. The second kappa shape index (κ2) is 8.33. The lowest BCUT2D eigenvalue weighted by atomic mass is 10.2. The highest BCUT2D eigenvalue weighted by Gasteiger charge is 2.19. The van der Waals surface area contributed by atoms with Gasteiger partial charge < -0.3 is 20.0 Å². The zero-order chi connectivity index (χ0) is 16.8. The molecule has 0 bridgehead atoms. The maximum absolute atomic E-state index is 4.89. The monoisotopic (exact) mass is 330 g/mol. The third-order valence-corrected chi connectivity index (χ3v) is 4.81. The van der Waals surface area contributed by atoms with Crippen LogP contribution in [-0.4, -0.2) is 73.6 Å². The summed E-state index contributed by atoms with van der Waals surface area (Å²) in [6.07, 6.45) is 4.43. The van der Waals surface area contributed by atoms with Crippen LogP contribution in [0.5, 0.6) is 0 Å². The molecule has 3 heterocycles. The molecule has 6 nitrogen and oxygen atoms in total. The molecular formula is C18H30N6. The molecule has 2 saturated heterocycles. The normalized spacial score (nSPS) is 19.8. The van der Waals surface area contributed by atoms with E-state index in [4.69, 9.17) is 4.99 Å². The van der Waals surface area contributed by atoms with Gasteiger partial charge in [0.1, 0.15) is 5.82 Å². The standard InChI is InChI=1S/C18H30N6/c1-3-19-18(24-9-4-5-10-24)21-15-16-7-6-8-20-17(16)23-13-11-22(2)12-14-23/h6-8H,3-5,9-15H2,1-2H3,(H,19,21). The fraction of sp³-hybridized carbons (Fsp3) is 0.667. The third-order valence-electron chi connectivity index (χ3n) is 4.81. The van der Waals surface area contributed by atoms with Crippen LogP contribution in [0, 0.1) is 0 Å². The van der Waals surface area contributed by atoms with Crippen molar-refractivity contribution in [3.05, 3.63) is 23.9 Å². The van der Waals surface area contributed by atoms with Crippen molar-refractivity contribution in [3.8, 4) is 0 Å². The number of nitrogens with one attached hydrogen (secondary N) is 1. The van der Waals surface area contributed by atoms with Gasteiger partial charge in [-0.1, -0.05) is 6.07 Å². The van der Waals surface area contributed by atoms with E-state index in [0.29, 0.717) is 6.54 Å². The predicted octanol–water partition coefficient (Wildman–Crippen LogP) is 1.39. The van der Waals surface area contributed by atoms with Crippen LogP contribution in [0.15, 0.2) is 23.3 Å². The Morgan fingerprint density at radius 2 is 1.92 bits per heavy atom. The maximum atomic E-state index is 4.89. The fourth-order valence-corrected chi connectivity index (χ4v) is 3.37. The Morgan fingerprint density at radius 3 is 2.62 bits per heavy atom. The minimum Gasteiger partial charge on any atom is -0.357 e. The van der Waals surface area contributed by atoms with Crippen LogP contribution in [0.3, 0.4) is 0 Å². The Labute approximate surface area is 145 Å². The summed E-state index contributed by atoms with van der Waals surface area (Å²) in [7, 11) is 2.18. The average Bonchev–Trinajstić information content (AvgIpc) is 3.14. The molecule has 2 aliphatic heterocycles. The number of pyridine rings is 1. The number of piperazine rings is 1. The van der Waals surface area contributed by atoms with Crippen molar-refractivity contribution in [2.45, 2.75) is 26.3 Å². The summed E-state index contributed by atoms with van der Waals surface area (Å²) < 4.78 is 0. The van der Waals surface area contributed by atoms with E-state index < -0.39 is 0 Å². The molecule has 2 aliphatic rings. The number of likely N-dealkylation sites (tertiary alicyclic amines) is 1. The SMILES string of the molecule is CCNC(=NCc1cccnc1N1CCN(C)CC1)N1CCCC1. The largest absolute Gasteiger partial charge is 0.357 e. The second-order valence-corrected chi connectivity index (χ2v) is 6.64. The zero-order valence-corrected chi connectivity index (χ0v) is 15.0. The van der Waals surface area contributed by atoms with Crippen LogP contribution >= 0.6 is 0 Å². The minimum atomic E-state index is 0.689. The minimum absolute atomic E-state index is 0.689. The summed E-state index contributed by atoms with van der Waals surface area (Å²) >= 11 is 0. The summed E-state index contributed by atoms with van der Waals surface area (Å²) in [4.78, 5) is 16.7. The highest BCUT2D eigenvalue weighted by atomic mass is 15.3. The first-order chi connectivity index (χ1) is 11.8. The molecule has 2 fully saturated rings. The molecule has 1 N–H and O–H groups in total. The number of hydrogen-bond acceptors (Lipinski definition) is 4. The van der Waals surface area contributed by atoms with Gasteiger partial charge in [0.05, 0.1) is 6.54 Å². The Balaban J connectivity index is 1.73. The van der Waals surface area contributed by atoms with Crippen LogP contribution in [0.4, 0.5) is 5.82 Å². The van der Waals surface area contributed by atoms with Gasteiger partial charge in [-0.2, -0.15) is 0 Å². The highest BCUT2D eigenvalue weighted by Crippen LogP contribution is 2.20. The number of guanidine groups is 1. The molecule has 0 atom stereocenters. The topological polar surface area (TPSA) is 47.0 Å². The Bertz CT molecular complexity index is 544. The fourth-order valence-electron chi connectivity index (χ4n) is 3.37. The van der Waals surface area contributed by atoms with E-state index in [1.54, 1.807) is 0 Å².